The lowest BCUT2D eigenvalue weighted by molar-refractivity contribution is -0.274. The summed E-state index contributed by atoms with van der Waals surface area (Å²) in [7, 11) is 1.23. The second kappa shape index (κ2) is 11.5. The third kappa shape index (κ3) is 6.58. The van der Waals surface area contributed by atoms with Gasteiger partial charge < -0.3 is 20.5 Å². The van der Waals surface area contributed by atoms with E-state index >= 15 is 0 Å². The smallest absolute Gasteiger partial charge is 0.465 e. The summed E-state index contributed by atoms with van der Waals surface area (Å²) >= 11 is 0. The molecule has 3 N–H and O–H groups in total. The number of alkyl halides is 3. The zero-order chi connectivity index (χ0) is 28.2. The molecule has 0 unspecified atom stereocenters. The maximum absolute atomic E-state index is 14.7. The lowest BCUT2D eigenvalue weighted by atomic mass is 9.93. The minimum atomic E-state index is -4.97. The highest BCUT2D eigenvalue weighted by atomic mass is 19.4. The van der Waals surface area contributed by atoms with Crippen molar-refractivity contribution in [3.8, 4) is 5.75 Å². The standard InChI is InChI=1S/C28H29F4N3O4/c1-38-25(36)22-13-19(7-9-21(22)17(15-33)16-34-18-5-3-2-4-6-18)35-26(37)27(11-12-27)23-10-8-20(14-24(23)29)39-28(30,31)32/h7-10,13-16,18H,2-6,11-12,33H2,1H3,(H,35,37). The van der Waals surface area contributed by atoms with Crippen molar-refractivity contribution in [2.75, 3.05) is 12.4 Å². The van der Waals surface area contributed by atoms with E-state index in [1.807, 2.05) is 0 Å². The number of methoxy groups -OCH3 is 1. The number of anilines is 1. The van der Waals surface area contributed by atoms with Crippen LogP contribution < -0.4 is 15.8 Å². The van der Waals surface area contributed by atoms with Gasteiger partial charge in [0.25, 0.3) is 0 Å². The van der Waals surface area contributed by atoms with E-state index in [-0.39, 0.29) is 22.9 Å². The number of nitrogens with one attached hydrogen (secondary N) is 1. The maximum Gasteiger partial charge on any atom is 0.573 e. The van der Waals surface area contributed by atoms with Crippen LogP contribution >= 0.6 is 0 Å². The molecule has 2 aromatic rings. The van der Waals surface area contributed by atoms with Crippen LogP contribution in [-0.2, 0) is 14.9 Å². The van der Waals surface area contributed by atoms with Crippen LogP contribution in [-0.4, -0.2) is 37.6 Å². The molecule has 0 aliphatic heterocycles. The van der Waals surface area contributed by atoms with Gasteiger partial charge in [-0.15, -0.1) is 13.2 Å². The van der Waals surface area contributed by atoms with E-state index in [4.69, 9.17) is 10.5 Å². The highest BCUT2D eigenvalue weighted by Crippen LogP contribution is 2.50. The number of hydrogen-bond acceptors (Lipinski definition) is 6. The molecule has 2 fully saturated rings. The Labute approximate surface area is 223 Å². The first-order chi connectivity index (χ1) is 18.6. The Hall–Kier alpha value is -3.89. The number of ether oxygens (including phenoxy) is 2. The largest absolute Gasteiger partial charge is 0.573 e. The summed E-state index contributed by atoms with van der Waals surface area (Å²) in [4.78, 5) is 30.5. The molecule has 0 radical (unpaired) electrons. The number of carbonyl (C=O) groups is 2. The second-order valence-corrected chi connectivity index (χ2v) is 9.67. The van der Waals surface area contributed by atoms with Crippen LogP contribution in [0.3, 0.4) is 0 Å². The molecule has 0 spiro atoms. The van der Waals surface area contributed by atoms with Gasteiger partial charge in [0.15, 0.2) is 0 Å². The molecule has 2 aliphatic carbocycles. The fraction of sp³-hybridized carbons (Fsp3) is 0.393. The van der Waals surface area contributed by atoms with Crippen LogP contribution in [0.1, 0.15) is 66.4 Å². The number of rotatable bonds is 8. The van der Waals surface area contributed by atoms with Gasteiger partial charge in [-0.25, -0.2) is 9.18 Å². The topological polar surface area (TPSA) is 103 Å². The van der Waals surface area contributed by atoms with Gasteiger partial charge in [-0.2, -0.15) is 0 Å². The lowest BCUT2D eigenvalue weighted by Gasteiger charge is -2.19. The Morgan fingerprint density at radius 3 is 2.38 bits per heavy atom. The molecule has 208 valence electrons. The number of halogens is 4. The number of aliphatic imine (C=N–C) groups is 1. The van der Waals surface area contributed by atoms with Crippen molar-refractivity contribution in [3.63, 3.8) is 0 Å². The summed E-state index contributed by atoms with van der Waals surface area (Å²) in [5.74, 6) is -2.90. The van der Waals surface area contributed by atoms with Crippen molar-refractivity contribution in [2.24, 2.45) is 10.7 Å². The number of amides is 1. The third-order valence-corrected chi connectivity index (χ3v) is 7.05. The minimum Gasteiger partial charge on any atom is -0.465 e. The fourth-order valence-corrected chi connectivity index (χ4v) is 4.85. The van der Waals surface area contributed by atoms with E-state index in [1.54, 1.807) is 18.3 Å². The van der Waals surface area contributed by atoms with Crippen molar-refractivity contribution in [1.29, 1.82) is 0 Å². The van der Waals surface area contributed by atoms with Crippen molar-refractivity contribution in [1.82, 2.24) is 0 Å². The van der Waals surface area contributed by atoms with Crippen molar-refractivity contribution >= 4 is 29.4 Å². The van der Waals surface area contributed by atoms with Crippen molar-refractivity contribution in [3.05, 3.63) is 65.1 Å². The van der Waals surface area contributed by atoms with Crippen LogP contribution in [0, 0.1) is 5.82 Å². The Bertz CT molecular complexity index is 1300. The van der Waals surface area contributed by atoms with Gasteiger partial charge in [-0.1, -0.05) is 31.4 Å². The summed E-state index contributed by atoms with van der Waals surface area (Å²) in [5, 5.41) is 2.70. The number of benzene rings is 2. The van der Waals surface area contributed by atoms with E-state index in [1.165, 1.54) is 25.8 Å². The van der Waals surface area contributed by atoms with Gasteiger partial charge in [0, 0.05) is 41.3 Å². The maximum atomic E-state index is 14.7. The van der Waals surface area contributed by atoms with Gasteiger partial charge in [0.1, 0.15) is 11.6 Å². The first-order valence-corrected chi connectivity index (χ1v) is 12.6. The van der Waals surface area contributed by atoms with Crippen LogP contribution in [0.15, 0.2) is 47.6 Å². The predicted octanol–water partition coefficient (Wildman–Crippen LogP) is 5.88. The number of esters is 1. The quantitative estimate of drug-likeness (QED) is 0.244. The van der Waals surface area contributed by atoms with Crippen LogP contribution in [0.25, 0.3) is 5.57 Å². The molecular weight excluding hydrogens is 518 g/mol. The van der Waals surface area contributed by atoms with Crippen LogP contribution in [0.5, 0.6) is 5.75 Å². The molecule has 2 aromatic carbocycles. The van der Waals surface area contributed by atoms with Gasteiger partial charge in [-0.05, 0) is 49.4 Å². The molecule has 2 aliphatic rings. The van der Waals surface area contributed by atoms with Gasteiger partial charge in [0.05, 0.1) is 18.1 Å². The molecule has 1 amide bonds. The first-order valence-electron chi connectivity index (χ1n) is 12.6. The number of hydrogen-bond donors (Lipinski definition) is 2. The first kappa shape index (κ1) is 28.1. The predicted molar refractivity (Wildman–Crippen MR) is 138 cm³/mol. The molecule has 0 saturated heterocycles. The van der Waals surface area contributed by atoms with Crippen molar-refractivity contribution < 1.29 is 36.6 Å². The number of nitrogens with zero attached hydrogens (tertiary/aromatic N) is 1. The zero-order valence-corrected chi connectivity index (χ0v) is 21.3. The molecule has 0 atom stereocenters. The van der Waals surface area contributed by atoms with E-state index in [2.05, 4.69) is 15.0 Å². The number of nitrogens with two attached hydrogens (primary N) is 1. The number of allylic oxidation sites excluding steroid dienone is 1. The Morgan fingerprint density at radius 2 is 1.79 bits per heavy atom. The summed E-state index contributed by atoms with van der Waals surface area (Å²) in [5.41, 5.74) is 5.96. The lowest BCUT2D eigenvalue weighted by Crippen LogP contribution is -2.29. The Morgan fingerprint density at radius 1 is 1.08 bits per heavy atom. The summed E-state index contributed by atoms with van der Waals surface area (Å²) in [6, 6.07) is 7.51. The van der Waals surface area contributed by atoms with Crippen LogP contribution in [0.4, 0.5) is 23.2 Å². The minimum absolute atomic E-state index is 0.0355. The Kier molecular flexibility index (Phi) is 8.27. The molecule has 4 rings (SSSR count). The zero-order valence-electron chi connectivity index (χ0n) is 21.3. The van der Waals surface area contributed by atoms with Crippen molar-refractivity contribution in [2.45, 2.75) is 62.8 Å². The van der Waals surface area contributed by atoms with Gasteiger partial charge in [0.2, 0.25) is 5.91 Å². The van der Waals surface area contributed by atoms with E-state index in [0.29, 0.717) is 30.0 Å². The van der Waals surface area contributed by atoms with E-state index in [9.17, 15) is 27.2 Å². The SMILES string of the molecule is COC(=O)c1cc(NC(=O)C2(c3ccc(OC(F)(F)F)cc3F)CC2)ccc1C(C=NC1CCCCC1)=CN. The highest BCUT2D eigenvalue weighted by molar-refractivity contribution is 6.14. The average molecular weight is 548 g/mol. The molecule has 0 aromatic heterocycles. The summed E-state index contributed by atoms with van der Waals surface area (Å²) in [6.07, 6.45) is 4.02. The summed E-state index contributed by atoms with van der Waals surface area (Å²) < 4.78 is 60.9. The second-order valence-electron chi connectivity index (χ2n) is 9.67. The van der Waals surface area contributed by atoms with E-state index < -0.39 is 35.2 Å². The third-order valence-electron chi connectivity index (χ3n) is 7.05. The molecule has 0 bridgehead atoms. The molecule has 11 heteroatoms. The van der Waals surface area contributed by atoms with E-state index in [0.717, 1.165) is 37.8 Å². The molecule has 0 heterocycles. The fourth-order valence-electron chi connectivity index (χ4n) is 4.85. The normalized spacial score (nSPS) is 17.6. The molecular formula is C28H29F4N3O4. The molecule has 39 heavy (non-hydrogen) atoms. The summed E-state index contributed by atoms with van der Waals surface area (Å²) in [6.45, 7) is 0. The Balaban J connectivity index is 1.56. The van der Waals surface area contributed by atoms with Gasteiger partial charge >= 0.3 is 12.3 Å². The monoisotopic (exact) mass is 547 g/mol. The number of carbonyl (C=O) groups excluding carboxylic acids is 2. The highest BCUT2D eigenvalue weighted by Gasteiger charge is 2.53. The molecule has 2 saturated carbocycles. The van der Waals surface area contributed by atoms with Crippen LogP contribution in [0.2, 0.25) is 0 Å². The van der Waals surface area contributed by atoms with Gasteiger partial charge in [-0.3, -0.25) is 9.79 Å². The average Bonchev–Trinajstić information content (AvgIpc) is 3.71. The molecule has 7 nitrogen and oxygen atoms in total.